The molecule has 1 aromatic heterocycles. The molecule has 2 rings (SSSR count). The fraction of sp³-hybridized carbons (Fsp3) is 0.267. The number of nitrogens with zero attached hydrogens (tertiary/aromatic N) is 2. The van der Waals surface area contributed by atoms with E-state index in [1.54, 1.807) is 49.8 Å². The highest BCUT2D eigenvalue weighted by atomic mass is 35.5. The molecular weight excluding hydrogens is 292 g/mol. The monoisotopic (exact) mass is 306 g/mol. The summed E-state index contributed by atoms with van der Waals surface area (Å²) in [6.07, 6.45) is 0. The van der Waals surface area contributed by atoms with E-state index in [-0.39, 0.29) is 6.61 Å². The number of halogens is 1. The van der Waals surface area contributed by atoms with Gasteiger partial charge in [0.25, 0.3) is 5.78 Å². The van der Waals surface area contributed by atoms with E-state index in [9.17, 15) is 9.59 Å². The topological polar surface area (TPSA) is 61.2 Å². The second kappa shape index (κ2) is 6.10. The number of aryl methyl sites for hydroxylation is 2. The van der Waals surface area contributed by atoms with E-state index in [4.69, 9.17) is 16.3 Å². The first-order chi connectivity index (χ1) is 9.91. The second-order valence-electron chi connectivity index (χ2n) is 4.67. The third-order valence-electron chi connectivity index (χ3n) is 3.24. The van der Waals surface area contributed by atoms with E-state index < -0.39 is 11.8 Å². The Labute approximate surface area is 127 Å². The molecule has 0 saturated heterocycles. The minimum atomic E-state index is -0.908. The number of esters is 1. The summed E-state index contributed by atoms with van der Waals surface area (Å²) in [4.78, 5) is 24.0. The molecule has 0 bridgehead atoms. The van der Waals surface area contributed by atoms with Crippen molar-refractivity contribution in [2.75, 3.05) is 0 Å². The van der Waals surface area contributed by atoms with Crippen LogP contribution in [0.1, 0.15) is 27.3 Å². The average Bonchev–Trinajstić information content (AvgIpc) is 2.70. The third-order valence-corrected chi connectivity index (χ3v) is 3.61. The van der Waals surface area contributed by atoms with Crippen molar-refractivity contribution in [2.24, 2.45) is 7.05 Å². The molecule has 5 nitrogen and oxygen atoms in total. The number of ketones is 1. The Morgan fingerprint density at radius 2 is 1.95 bits per heavy atom. The van der Waals surface area contributed by atoms with Gasteiger partial charge in [-0.15, -0.1) is 0 Å². The normalized spacial score (nSPS) is 10.5. The first-order valence-electron chi connectivity index (χ1n) is 6.37. The van der Waals surface area contributed by atoms with E-state index in [2.05, 4.69) is 5.10 Å². The van der Waals surface area contributed by atoms with Crippen molar-refractivity contribution >= 4 is 23.4 Å². The molecule has 1 aromatic carbocycles. The van der Waals surface area contributed by atoms with E-state index in [0.717, 1.165) is 0 Å². The van der Waals surface area contributed by atoms with Crippen LogP contribution in [0.25, 0.3) is 0 Å². The predicted octanol–water partition coefficient (Wildman–Crippen LogP) is 2.62. The van der Waals surface area contributed by atoms with Gasteiger partial charge in [0.05, 0.1) is 11.3 Å². The summed E-state index contributed by atoms with van der Waals surface area (Å²) in [7, 11) is 1.72. The maximum Gasteiger partial charge on any atom is 0.380 e. The summed E-state index contributed by atoms with van der Waals surface area (Å²) in [5.74, 6) is -1.60. The van der Waals surface area contributed by atoms with E-state index in [0.29, 0.717) is 27.5 Å². The quantitative estimate of drug-likeness (QED) is 0.495. The van der Waals surface area contributed by atoms with Crippen molar-refractivity contribution in [3.8, 4) is 0 Å². The van der Waals surface area contributed by atoms with Crippen LogP contribution in [0.15, 0.2) is 24.3 Å². The van der Waals surface area contributed by atoms with Gasteiger partial charge in [-0.05, 0) is 19.9 Å². The molecule has 0 aliphatic heterocycles. The van der Waals surface area contributed by atoms with Gasteiger partial charge in [-0.3, -0.25) is 9.48 Å². The molecule has 2 aromatic rings. The molecule has 0 spiro atoms. The van der Waals surface area contributed by atoms with Crippen LogP contribution in [0.2, 0.25) is 5.02 Å². The lowest BCUT2D eigenvalue weighted by Gasteiger charge is -2.06. The summed E-state index contributed by atoms with van der Waals surface area (Å²) >= 11 is 5.97. The number of hydrogen-bond acceptors (Lipinski definition) is 4. The number of carbonyl (C=O) groups is 2. The zero-order valence-corrected chi connectivity index (χ0v) is 12.8. The predicted molar refractivity (Wildman–Crippen MR) is 78.3 cm³/mol. The van der Waals surface area contributed by atoms with Gasteiger partial charge in [-0.25, -0.2) is 4.79 Å². The van der Waals surface area contributed by atoms with Crippen molar-refractivity contribution < 1.29 is 14.3 Å². The van der Waals surface area contributed by atoms with Crippen molar-refractivity contribution in [2.45, 2.75) is 20.5 Å². The summed E-state index contributed by atoms with van der Waals surface area (Å²) in [6, 6.07) is 7.00. The minimum Gasteiger partial charge on any atom is -0.455 e. The third kappa shape index (κ3) is 3.13. The molecule has 6 heteroatoms. The van der Waals surface area contributed by atoms with Crippen LogP contribution in [-0.4, -0.2) is 21.5 Å². The number of benzene rings is 1. The summed E-state index contributed by atoms with van der Waals surface area (Å²) in [5, 5.41) is 4.61. The summed E-state index contributed by atoms with van der Waals surface area (Å²) in [6.45, 7) is 3.37. The largest absolute Gasteiger partial charge is 0.455 e. The second-order valence-corrected chi connectivity index (χ2v) is 5.07. The van der Waals surface area contributed by atoms with Crippen molar-refractivity contribution in [1.82, 2.24) is 9.78 Å². The fourth-order valence-electron chi connectivity index (χ4n) is 2.03. The lowest BCUT2D eigenvalue weighted by Crippen LogP contribution is -2.19. The maximum absolute atomic E-state index is 12.1. The van der Waals surface area contributed by atoms with Gasteiger partial charge in [0, 0.05) is 23.3 Å². The SMILES string of the molecule is Cc1nn(C)c(C)c1C(=O)C(=O)OCc1ccccc1Cl. The zero-order valence-electron chi connectivity index (χ0n) is 12.0. The molecule has 0 unspecified atom stereocenters. The highest BCUT2D eigenvalue weighted by molar-refractivity contribution is 6.41. The lowest BCUT2D eigenvalue weighted by atomic mass is 10.1. The smallest absolute Gasteiger partial charge is 0.380 e. The average molecular weight is 307 g/mol. The number of aromatic nitrogens is 2. The summed E-state index contributed by atoms with van der Waals surface area (Å²) in [5.41, 5.74) is 2.09. The Hall–Kier alpha value is -2.14. The molecule has 0 saturated carbocycles. The van der Waals surface area contributed by atoms with Crippen molar-refractivity contribution in [3.63, 3.8) is 0 Å². The van der Waals surface area contributed by atoms with Crippen LogP contribution in [0.5, 0.6) is 0 Å². The van der Waals surface area contributed by atoms with Gasteiger partial charge in [-0.2, -0.15) is 5.10 Å². The van der Waals surface area contributed by atoms with Crippen molar-refractivity contribution in [3.05, 3.63) is 51.8 Å². The van der Waals surface area contributed by atoms with Crippen LogP contribution in [0.4, 0.5) is 0 Å². The molecule has 0 fully saturated rings. The van der Waals surface area contributed by atoms with Crippen LogP contribution < -0.4 is 0 Å². The Bertz CT molecular complexity index is 707. The number of Topliss-reactive ketones (excluding diaryl/α,β-unsaturated/α-hetero) is 1. The number of ether oxygens (including phenoxy) is 1. The standard InChI is InChI=1S/C15H15ClN2O3/c1-9-13(10(2)18(3)17-9)14(19)15(20)21-8-11-6-4-5-7-12(11)16/h4-7H,8H2,1-3H3. The summed E-state index contributed by atoms with van der Waals surface area (Å²) < 4.78 is 6.59. The number of carbonyl (C=O) groups excluding carboxylic acids is 2. The van der Waals surface area contributed by atoms with Gasteiger partial charge in [0.1, 0.15) is 6.61 Å². The lowest BCUT2D eigenvalue weighted by molar-refractivity contribution is -0.139. The molecule has 21 heavy (non-hydrogen) atoms. The van der Waals surface area contributed by atoms with E-state index in [1.807, 2.05) is 0 Å². The Kier molecular flexibility index (Phi) is 4.43. The van der Waals surface area contributed by atoms with Crippen LogP contribution in [0, 0.1) is 13.8 Å². The molecule has 1 heterocycles. The van der Waals surface area contributed by atoms with E-state index >= 15 is 0 Å². The molecule has 0 N–H and O–H groups in total. The van der Waals surface area contributed by atoms with Gasteiger partial charge in [0.2, 0.25) is 0 Å². The molecule has 0 aliphatic carbocycles. The zero-order chi connectivity index (χ0) is 15.6. The van der Waals surface area contributed by atoms with Crippen LogP contribution in [-0.2, 0) is 23.2 Å². The molecule has 0 aliphatic rings. The maximum atomic E-state index is 12.1. The Balaban J connectivity index is 2.10. The number of rotatable bonds is 4. The van der Waals surface area contributed by atoms with Gasteiger partial charge in [0.15, 0.2) is 0 Å². The Morgan fingerprint density at radius 3 is 2.52 bits per heavy atom. The van der Waals surface area contributed by atoms with Gasteiger partial charge < -0.3 is 4.74 Å². The minimum absolute atomic E-state index is 0.0391. The van der Waals surface area contributed by atoms with Crippen molar-refractivity contribution in [1.29, 1.82) is 0 Å². The first-order valence-corrected chi connectivity index (χ1v) is 6.74. The molecule has 0 radical (unpaired) electrons. The molecule has 0 amide bonds. The van der Waals surface area contributed by atoms with E-state index in [1.165, 1.54) is 0 Å². The van der Waals surface area contributed by atoms with Gasteiger partial charge >= 0.3 is 5.97 Å². The first kappa shape index (κ1) is 15.3. The molecule has 110 valence electrons. The highest BCUT2D eigenvalue weighted by Gasteiger charge is 2.25. The van der Waals surface area contributed by atoms with Gasteiger partial charge in [-0.1, -0.05) is 29.8 Å². The van der Waals surface area contributed by atoms with Crippen LogP contribution >= 0.6 is 11.6 Å². The number of hydrogen-bond donors (Lipinski definition) is 0. The molecule has 0 atom stereocenters. The molecular formula is C15H15ClN2O3. The Morgan fingerprint density at radius 1 is 1.29 bits per heavy atom. The van der Waals surface area contributed by atoms with Crippen LogP contribution in [0.3, 0.4) is 0 Å². The fourth-order valence-corrected chi connectivity index (χ4v) is 2.22. The highest BCUT2D eigenvalue weighted by Crippen LogP contribution is 2.17.